The number of benzene rings is 1. The van der Waals surface area contributed by atoms with Gasteiger partial charge in [0.15, 0.2) is 9.84 Å². The van der Waals surface area contributed by atoms with Gasteiger partial charge in [-0.2, -0.15) is 0 Å². The molecule has 0 heterocycles. The summed E-state index contributed by atoms with van der Waals surface area (Å²) in [5.41, 5.74) is 0.929. The van der Waals surface area contributed by atoms with Gasteiger partial charge < -0.3 is 5.41 Å². The normalized spacial score (nSPS) is 18.1. The number of hydrogen-bond acceptors (Lipinski definition) is 3. The molecule has 3 nitrogen and oxygen atoms in total. The highest BCUT2D eigenvalue weighted by Crippen LogP contribution is 2.45. The second kappa shape index (κ2) is 4.67. The maximum atomic E-state index is 11.4. The molecule has 5 heteroatoms. The first-order valence-corrected chi connectivity index (χ1v) is 8.29. The molecule has 2 rings (SSSR count). The second-order valence-corrected chi connectivity index (χ2v) is 7.57. The van der Waals surface area contributed by atoms with E-state index >= 15 is 0 Å². The van der Waals surface area contributed by atoms with E-state index in [1.54, 1.807) is 12.1 Å². The van der Waals surface area contributed by atoms with E-state index in [4.69, 9.17) is 17.0 Å². The van der Waals surface area contributed by atoms with Gasteiger partial charge in [0.05, 0.1) is 5.75 Å². The molecule has 1 aliphatic carbocycles. The first kappa shape index (κ1) is 13.6. The zero-order valence-corrected chi connectivity index (χ0v) is 11.8. The molecule has 0 amide bonds. The van der Waals surface area contributed by atoms with Crippen LogP contribution in [-0.2, 0) is 15.3 Å². The van der Waals surface area contributed by atoms with Gasteiger partial charge in [-0.3, -0.25) is 0 Å². The summed E-state index contributed by atoms with van der Waals surface area (Å²) in [6.07, 6.45) is 3.91. The third-order valence-electron chi connectivity index (χ3n) is 3.59. The predicted octanol–water partition coefficient (Wildman–Crippen LogP) is 2.83. The Morgan fingerprint density at radius 1 is 1.33 bits per heavy atom. The lowest BCUT2D eigenvalue weighted by atomic mass is 9.62. The summed E-state index contributed by atoms with van der Waals surface area (Å²) < 4.78 is 22.7. The van der Waals surface area contributed by atoms with E-state index in [1.165, 1.54) is 6.26 Å². The van der Waals surface area contributed by atoms with Gasteiger partial charge in [0.1, 0.15) is 0 Å². The van der Waals surface area contributed by atoms with Crippen LogP contribution in [0, 0.1) is 5.41 Å². The molecule has 0 unspecified atom stereocenters. The van der Waals surface area contributed by atoms with Crippen molar-refractivity contribution < 1.29 is 8.42 Å². The third kappa shape index (κ3) is 2.59. The molecule has 1 aromatic carbocycles. The lowest BCUT2D eigenvalue weighted by Gasteiger charge is -2.43. The van der Waals surface area contributed by atoms with Crippen molar-refractivity contribution in [2.24, 2.45) is 0 Å². The van der Waals surface area contributed by atoms with Crippen LogP contribution in [-0.4, -0.2) is 26.1 Å². The Balaban J connectivity index is 2.31. The molecule has 1 N–H and O–H groups in total. The van der Waals surface area contributed by atoms with Gasteiger partial charge >= 0.3 is 0 Å². The van der Waals surface area contributed by atoms with Crippen LogP contribution in [0.1, 0.15) is 24.8 Å². The third-order valence-corrected chi connectivity index (χ3v) is 4.65. The molecule has 1 aromatic rings. The molecular weight excluding hydrogens is 270 g/mol. The van der Waals surface area contributed by atoms with Crippen molar-refractivity contribution >= 4 is 27.1 Å². The Bertz CT molecular complexity index is 559. The van der Waals surface area contributed by atoms with Gasteiger partial charge in [0.25, 0.3) is 0 Å². The van der Waals surface area contributed by atoms with E-state index in [1.807, 2.05) is 12.1 Å². The fourth-order valence-corrected chi connectivity index (χ4v) is 3.39. The maximum absolute atomic E-state index is 11.4. The maximum Gasteiger partial charge on any atom is 0.152 e. The lowest BCUT2D eigenvalue weighted by Crippen LogP contribution is -2.44. The fraction of sp³-hybridized carbons (Fsp3) is 0.462. The smallest absolute Gasteiger partial charge is 0.152 e. The van der Waals surface area contributed by atoms with Gasteiger partial charge in [0.2, 0.25) is 0 Å². The standard InChI is InChI=1S/C13H16ClNO2S/c1-18(16,17)9-12(15)13(7-2-8-13)10-3-5-11(14)6-4-10/h3-6,15H,2,7-9H2,1H3. The molecule has 0 aliphatic heterocycles. The van der Waals surface area contributed by atoms with Crippen molar-refractivity contribution in [3.8, 4) is 0 Å². The molecular formula is C13H16ClNO2S. The molecule has 0 radical (unpaired) electrons. The molecule has 0 atom stereocenters. The van der Waals surface area contributed by atoms with Crippen LogP contribution in [0.5, 0.6) is 0 Å². The van der Waals surface area contributed by atoms with E-state index in [2.05, 4.69) is 0 Å². The topological polar surface area (TPSA) is 58.0 Å². The molecule has 1 fully saturated rings. The Kier molecular flexibility index (Phi) is 3.52. The summed E-state index contributed by atoms with van der Waals surface area (Å²) >= 11 is 5.86. The highest BCUT2D eigenvalue weighted by atomic mass is 35.5. The van der Waals surface area contributed by atoms with Crippen molar-refractivity contribution in [3.05, 3.63) is 34.9 Å². The Morgan fingerprint density at radius 2 is 1.89 bits per heavy atom. The van der Waals surface area contributed by atoms with Crippen molar-refractivity contribution in [3.63, 3.8) is 0 Å². The minimum absolute atomic E-state index is 0.157. The van der Waals surface area contributed by atoms with Gasteiger partial charge in [-0.1, -0.05) is 30.2 Å². The zero-order chi connectivity index (χ0) is 13.4. The predicted molar refractivity (Wildman–Crippen MR) is 74.4 cm³/mol. The molecule has 98 valence electrons. The largest absolute Gasteiger partial charge is 0.308 e. The van der Waals surface area contributed by atoms with Crippen molar-refractivity contribution in [2.75, 3.05) is 12.0 Å². The number of halogens is 1. The highest BCUT2D eigenvalue weighted by Gasteiger charge is 2.43. The first-order valence-electron chi connectivity index (χ1n) is 5.85. The fourth-order valence-electron chi connectivity index (χ4n) is 2.46. The van der Waals surface area contributed by atoms with Crippen LogP contribution in [0.2, 0.25) is 5.02 Å². The number of hydrogen-bond donors (Lipinski definition) is 1. The van der Waals surface area contributed by atoms with Gasteiger partial charge in [0, 0.05) is 22.4 Å². The highest BCUT2D eigenvalue weighted by molar-refractivity contribution is 7.91. The van der Waals surface area contributed by atoms with Crippen molar-refractivity contribution in [1.29, 1.82) is 5.41 Å². The molecule has 0 aromatic heterocycles. The van der Waals surface area contributed by atoms with Crippen molar-refractivity contribution in [2.45, 2.75) is 24.7 Å². The summed E-state index contributed by atoms with van der Waals surface area (Å²) in [4.78, 5) is 0. The van der Waals surface area contributed by atoms with Crippen LogP contribution in [0.15, 0.2) is 24.3 Å². The molecule has 18 heavy (non-hydrogen) atoms. The first-order chi connectivity index (χ1) is 8.33. The minimum atomic E-state index is -3.15. The minimum Gasteiger partial charge on any atom is -0.308 e. The Hall–Kier alpha value is -0.870. The summed E-state index contributed by atoms with van der Waals surface area (Å²) in [7, 11) is -3.15. The molecule has 0 saturated heterocycles. The monoisotopic (exact) mass is 285 g/mol. The van der Waals surface area contributed by atoms with Crippen LogP contribution >= 0.6 is 11.6 Å². The van der Waals surface area contributed by atoms with Crippen LogP contribution in [0.3, 0.4) is 0 Å². The Morgan fingerprint density at radius 3 is 2.28 bits per heavy atom. The number of rotatable bonds is 4. The Labute approximate surface area is 113 Å². The summed E-state index contributed by atoms with van der Waals surface area (Å²) in [6, 6.07) is 7.39. The van der Waals surface area contributed by atoms with Crippen LogP contribution in [0.25, 0.3) is 0 Å². The average Bonchev–Trinajstić information content (AvgIpc) is 2.16. The van der Waals surface area contributed by atoms with Crippen LogP contribution < -0.4 is 0 Å². The summed E-state index contributed by atoms with van der Waals surface area (Å²) in [5.74, 6) is -0.157. The molecule has 0 bridgehead atoms. The molecule has 0 spiro atoms. The van der Waals surface area contributed by atoms with Crippen LogP contribution in [0.4, 0.5) is 0 Å². The van der Waals surface area contributed by atoms with E-state index < -0.39 is 9.84 Å². The number of sulfone groups is 1. The van der Waals surface area contributed by atoms with E-state index in [0.29, 0.717) is 10.7 Å². The zero-order valence-electron chi connectivity index (χ0n) is 10.2. The summed E-state index contributed by atoms with van der Waals surface area (Å²) in [6.45, 7) is 0. The second-order valence-electron chi connectivity index (χ2n) is 4.99. The van der Waals surface area contributed by atoms with E-state index in [-0.39, 0.29) is 11.2 Å². The van der Waals surface area contributed by atoms with Crippen molar-refractivity contribution in [1.82, 2.24) is 0 Å². The molecule has 1 saturated carbocycles. The summed E-state index contributed by atoms with van der Waals surface area (Å²) in [5, 5.41) is 8.78. The lowest BCUT2D eigenvalue weighted by molar-refractivity contribution is 0.338. The van der Waals surface area contributed by atoms with E-state index in [9.17, 15) is 8.42 Å². The van der Waals surface area contributed by atoms with Gasteiger partial charge in [-0.05, 0) is 30.5 Å². The molecule has 1 aliphatic rings. The SMILES string of the molecule is CS(=O)(=O)CC(=N)C1(c2ccc(Cl)cc2)CCC1. The van der Waals surface area contributed by atoms with Gasteiger partial charge in [-0.25, -0.2) is 8.42 Å². The number of nitrogens with one attached hydrogen (secondary N) is 1. The quantitative estimate of drug-likeness (QED) is 0.865. The van der Waals surface area contributed by atoms with E-state index in [0.717, 1.165) is 24.8 Å². The average molecular weight is 286 g/mol. The van der Waals surface area contributed by atoms with Gasteiger partial charge in [-0.15, -0.1) is 0 Å².